The summed E-state index contributed by atoms with van der Waals surface area (Å²) in [5, 5.41) is 10.9. The number of fused-ring (bicyclic) bond motifs is 1. The fourth-order valence-electron chi connectivity index (χ4n) is 3.32. The van der Waals surface area contributed by atoms with Crippen molar-refractivity contribution >= 4 is 11.4 Å². The summed E-state index contributed by atoms with van der Waals surface area (Å²) in [6, 6.07) is 11.0. The van der Waals surface area contributed by atoms with Gasteiger partial charge in [-0.3, -0.25) is 15.0 Å². The van der Waals surface area contributed by atoms with Crippen LogP contribution in [0, 0.1) is 15.9 Å². The van der Waals surface area contributed by atoms with Gasteiger partial charge in [-0.25, -0.2) is 14.4 Å². The molecule has 2 N–H and O–H groups in total. The molecule has 4 rings (SSSR count). The molecule has 3 aromatic rings. The number of halogens is 1. The number of nitrogen functional groups attached to an aromatic ring is 1. The number of nitro benzene ring substituents is 1. The summed E-state index contributed by atoms with van der Waals surface area (Å²) in [4.78, 5) is 21.6. The van der Waals surface area contributed by atoms with E-state index in [-0.39, 0.29) is 5.69 Å². The molecule has 1 aliphatic heterocycles. The maximum Gasteiger partial charge on any atom is 0.269 e. The van der Waals surface area contributed by atoms with E-state index in [4.69, 9.17) is 5.73 Å². The van der Waals surface area contributed by atoms with Gasteiger partial charge in [0.05, 0.1) is 10.6 Å². The van der Waals surface area contributed by atoms with Crippen LogP contribution in [0.5, 0.6) is 0 Å². The van der Waals surface area contributed by atoms with E-state index in [2.05, 4.69) is 9.97 Å². The van der Waals surface area contributed by atoms with Crippen LogP contribution < -0.4 is 5.73 Å². The van der Waals surface area contributed by atoms with E-state index in [1.165, 1.54) is 12.1 Å². The molecule has 0 radical (unpaired) electrons. The maximum absolute atomic E-state index is 14.1. The van der Waals surface area contributed by atoms with Gasteiger partial charge in [0.1, 0.15) is 5.82 Å². The van der Waals surface area contributed by atoms with Crippen LogP contribution in [0.25, 0.3) is 11.4 Å². The number of nitrogens with two attached hydrogens (primary N) is 1. The molecule has 0 spiro atoms. The molecule has 2 aromatic carbocycles. The summed E-state index contributed by atoms with van der Waals surface area (Å²) >= 11 is 0. The minimum absolute atomic E-state index is 0.106. The average molecular weight is 379 g/mol. The van der Waals surface area contributed by atoms with Crippen LogP contribution in [0.3, 0.4) is 0 Å². The summed E-state index contributed by atoms with van der Waals surface area (Å²) < 4.78 is 14.1. The molecule has 0 aliphatic carbocycles. The topological polar surface area (TPSA) is 98.2 Å². The standard InChI is InChI=1S/C20H18FN5O2/c21-18-6-5-17(26(27)28)9-14(18)11-25-8-7-19-15(12-25)10-23-20(24-19)13-1-3-16(22)4-2-13/h1-6,9-10H,7-8,11-12,22H2. The van der Waals surface area contributed by atoms with Gasteiger partial charge in [-0.15, -0.1) is 0 Å². The summed E-state index contributed by atoms with van der Waals surface area (Å²) in [5.74, 6) is 0.211. The van der Waals surface area contributed by atoms with Gasteiger partial charge in [0.2, 0.25) is 0 Å². The molecular weight excluding hydrogens is 361 g/mol. The Kier molecular flexibility index (Phi) is 4.70. The molecule has 1 aromatic heterocycles. The van der Waals surface area contributed by atoms with Crippen molar-refractivity contribution in [1.82, 2.24) is 14.9 Å². The smallest absolute Gasteiger partial charge is 0.269 e. The number of hydrogen-bond acceptors (Lipinski definition) is 6. The predicted molar refractivity (Wildman–Crippen MR) is 103 cm³/mol. The predicted octanol–water partition coefficient (Wildman–Crippen LogP) is 3.33. The number of aromatic nitrogens is 2. The van der Waals surface area contributed by atoms with E-state index in [1.54, 1.807) is 6.20 Å². The van der Waals surface area contributed by atoms with Crippen molar-refractivity contribution in [2.45, 2.75) is 19.5 Å². The molecule has 7 nitrogen and oxygen atoms in total. The van der Waals surface area contributed by atoms with Crippen molar-refractivity contribution in [3.63, 3.8) is 0 Å². The minimum Gasteiger partial charge on any atom is -0.399 e. The number of anilines is 1. The molecule has 0 unspecified atom stereocenters. The van der Waals surface area contributed by atoms with Crippen LogP contribution >= 0.6 is 0 Å². The van der Waals surface area contributed by atoms with Crippen molar-refractivity contribution in [1.29, 1.82) is 0 Å². The second-order valence-electron chi connectivity index (χ2n) is 6.78. The summed E-state index contributed by atoms with van der Waals surface area (Å²) in [6.07, 6.45) is 2.50. The van der Waals surface area contributed by atoms with Gasteiger partial charge in [-0.05, 0) is 30.3 Å². The second kappa shape index (κ2) is 7.32. The van der Waals surface area contributed by atoms with Crippen LogP contribution in [0.4, 0.5) is 15.8 Å². The number of nitrogens with zero attached hydrogens (tertiary/aromatic N) is 4. The molecule has 0 fully saturated rings. The van der Waals surface area contributed by atoms with E-state index in [0.717, 1.165) is 22.9 Å². The Morgan fingerprint density at radius 2 is 2.00 bits per heavy atom. The quantitative estimate of drug-likeness (QED) is 0.424. The molecule has 0 saturated carbocycles. The molecule has 2 heterocycles. The lowest BCUT2D eigenvalue weighted by Crippen LogP contribution is -2.31. The first-order valence-corrected chi connectivity index (χ1v) is 8.85. The third kappa shape index (κ3) is 3.67. The Hall–Kier alpha value is -3.39. The Labute approximate surface area is 160 Å². The van der Waals surface area contributed by atoms with Crippen molar-refractivity contribution in [3.05, 3.63) is 81.4 Å². The molecule has 142 valence electrons. The van der Waals surface area contributed by atoms with Crippen molar-refractivity contribution < 1.29 is 9.31 Å². The molecule has 8 heteroatoms. The number of rotatable bonds is 4. The number of non-ortho nitro benzene ring substituents is 1. The fraction of sp³-hybridized carbons (Fsp3) is 0.200. The van der Waals surface area contributed by atoms with Crippen molar-refractivity contribution in [3.8, 4) is 11.4 Å². The first-order valence-electron chi connectivity index (χ1n) is 8.85. The molecular formula is C20H18FN5O2. The van der Waals surface area contributed by atoms with E-state index in [0.29, 0.717) is 43.1 Å². The normalized spacial score (nSPS) is 13.9. The van der Waals surface area contributed by atoms with Gasteiger partial charge < -0.3 is 5.73 Å². The van der Waals surface area contributed by atoms with Crippen LogP contribution in [-0.4, -0.2) is 26.3 Å². The van der Waals surface area contributed by atoms with E-state index >= 15 is 0 Å². The zero-order valence-electron chi connectivity index (χ0n) is 15.0. The van der Waals surface area contributed by atoms with Crippen LogP contribution in [0.1, 0.15) is 16.8 Å². The van der Waals surface area contributed by atoms with Crippen molar-refractivity contribution in [2.24, 2.45) is 0 Å². The minimum atomic E-state index is -0.513. The van der Waals surface area contributed by atoms with Gasteiger partial charge in [0.25, 0.3) is 5.69 Å². The molecule has 0 atom stereocenters. The van der Waals surface area contributed by atoms with Crippen molar-refractivity contribution in [2.75, 3.05) is 12.3 Å². The molecule has 0 bridgehead atoms. The number of nitro groups is 1. The maximum atomic E-state index is 14.1. The first-order chi connectivity index (χ1) is 13.5. The largest absolute Gasteiger partial charge is 0.399 e. The zero-order valence-corrected chi connectivity index (χ0v) is 15.0. The highest BCUT2D eigenvalue weighted by atomic mass is 19.1. The van der Waals surface area contributed by atoms with E-state index in [1.807, 2.05) is 29.2 Å². The number of benzene rings is 2. The Bertz CT molecular complexity index is 1040. The SMILES string of the molecule is Nc1ccc(-c2ncc3c(n2)CCN(Cc2cc([N+](=O)[O-])ccc2F)C3)cc1. The van der Waals surface area contributed by atoms with Crippen LogP contribution in [0.2, 0.25) is 0 Å². The van der Waals surface area contributed by atoms with Crippen LogP contribution in [0.15, 0.2) is 48.7 Å². The second-order valence-corrected chi connectivity index (χ2v) is 6.78. The van der Waals surface area contributed by atoms with Crippen LogP contribution in [-0.2, 0) is 19.5 Å². The number of hydrogen-bond donors (Lipinski definition) is 1. The third-order valence-electron chi connectivity index (χ3n) is 4.82. The summed E-state index contributed by atoms with van der Waals surface area (Å²) in [6.45, 7) is 1.56. The molecule has 0 amide bonds. The van der Waals surface area contributed by atoms with Gasteiger partial charge in [0.15, 0.2) is 5.82 Å². The Balaban J connectivity index is 1.52. The monoisotopic (exact) mass is 379 g/mol. The van der Waals surface area contributed by atoms with Gasteiger partial charge >= 0.3 is 0 Å². The Morgan fingerprint density at radius 1 is 1.21 bits per heavy atom. The van der Waals surface area contributed by atoms with Gasteiger partial charge in [-0.2, -0.15) is 0 Å². The molecule has 0 saturated heterocycles. The molecule has 1 aliphatic rings. The van der Waals surface area contributed by atoms with E-state index in [9.17, 15) is 14.5 Å². The average Bonchev–Trinajstić information content (AvgIpc) is 2.69. The molecule has 28 heavy (non-hydrogen) atoms. The lowest BCUT2D eigenvalue weighted by Gasteiger charge is -2.28. The highest BCUT2D eigenvalue weighted by Crippen LogP contribution is 2.24. The lowest BCUT2D eigenvalue weighted by molar-refractivity contribution is -0.385. The highest BCUT2D eigenvalue weighted by molar-refractivity contribution is 5.58. The lowest BCUT2D eigenvalue weighted by atomic mass is 10.1. The van der Waals surface area contributed by atoms with E-state index < -0.39 is 10.7 Å². The summed E-state index contributed by atoms with van der Waals surface area (Å²) in [7, 11) is 0. The van der Waals surface area contributed by atoms with Gasteiger partial charge in [0, 0.05) is 66.8 Å². The third-order valence-corrected chi connectivity index (χ3v) is 4.82. The fourth-order valence-corrected chi connectivity index (χ4v) is 3.32. The zero-order chi connectivity index (χ0) is 19.7. The first kappa shape index (κ1) is 18.0. The van der Waals surface area contributed by atoms with Gasteiger partial charge in [-0.1, -0.05) is 0 Å². The highest BCUT2D eigenvalue weighted by Gasteiger charge is 2.21. The Morgan fingerprint density at radius 3 is 2.75 bits per heavy atom. The summed E-state index contributed by atoms with van der Waals surface area (Å²) in [5.41, 5.74) is 9.47.